The van der Waals surface area contributed by atoms with Gasteiger partial charge in [0.2, 0.25) is 5.91 Å². The normalized spacial score (nSPS) is 23.7. The van der Waals surface area contributed by atoms with E-state index in [1.165, 1.54) is 0 Å². The van der Waals surface area contributed by atoms with Crippen LogP contribution in [0.3, 0.4) is 0 Å². The molecular weight excluding hydrogens is 326 g/mol. The molecule has 132 valence electrons. The van der Waals surface area contributed by atoms with E-state index in [1.807, 2.05) is 40.1 Å². The van der Waals surface area contributed by atoms with Crippen molar-refractivity contribution in [2.24, 2.45) is 11.7 Å². The zero-order valence-corrected chi connectivity index (χ0v) is 14.7. The van der Waals surface area contributed by atoms with Crippen molar-refractivity contribution in [3.63, 3.8) is 0 Å². The first-order valence-corrected chi connectivity index (χ1v) is 8.53. The van der Waals surface area contributed by atoms with Gasteiger partial charge in [0.25, 0.3) is 5.91 Å². The monoisotopic (exact) mass is 351 g/mol. The first kappa shape index (κ1) is 18.7. The van der Waals surface area contributed by atoms with E-state index in [1.54, 1.807) is 0 Å². The fourth-order valence-electron chi connectivity index (χ4n) is 3.59. The Morgan fingerprint density at radius 2 is 1.62 bits per heavy atom. The van der Waals surface area contributed by atoms with Gasteiger partial charge in [-0.05, 0) is 30.9 Å². The van der Waals surface area contributed by atoms with E-state index >= 15 is 0 Å². The molecule has 2 N–H and O–H groups in total. The SMILES string of the molecule is Cl.N[C@@H]1CCC[C@H]1CC(=O)N1CCN(C(=O)c2ccccc2)CC1. The molecule has 1 heterocycles. The number of rotatable bonds is 3. The Bertz CT molecular complexity index is 559. The minimum absolute atomic E-state index is 0. The molecule has 5 nitrogen and oxygen atoms in total. The quantitative estimate of drug-likeness (QED) is 0.904. The molecule has 0 radical (unpaired) electrons. The predicted octanol–water partition coefficient (Wildman–Crippen LogP) is 1.91. The van der Waals surface area contributed by atoms with Crippen molar-refractivity contribution >= 4 is 24.2 Å². The van der Waals surface area contributed by atoms with Gasteiger partial charge in [-0.15, -0.1) is 12.4 Å². The van der Waals surface area contributed by atoms with Crippen molar-refractivity contribution in [2.45, 2.75) is 31.7 Å². The van der Waals surface area contributed by atoms with Crippen LogP contribution < -0.4 is 5.73 Å². The van der Waals surface area contributed by atoms with Gasteiger partial charge in [-0.1, -0.05) is 24.6 Å². The van der Waals surface area contributed by atoms with Gasteiger partial charge in [0.05, 0.1) is 0 Å². The van der Waals surface area contributed by atoms with Crippen LogP contribution in [-0.2, 0) is 4.79 Å². The molecule has 1 saturated heterocycles. The minimum Gasteiger partial charge on any atom is -0.339 e. The third-order valence-electron chi connectivity index (χ3n) is 5.10. The molecule has 3 rings (SSSR count). The van der Waals surface area contributed by atoms with Crippen LogP contribution in [0.4, 0.5) is 0 Å². The van der Waals surface area contributed by atoms with E-state index in [-0.39, 0.29) is 30.3 Å². The first-order chi connectivity index (χ1) is 11.1. The lowest BCUT2D eigenvalue weighted by atomic mass is 9.99. The summed E-state index contributed by atoms with van der Waals surface area (Å²) in [5, 5.41) is 0. The Morgan fingerprint density at radius 1 is 1.00 bits per heavy atom. The van der Waals surface area contributed by atoms with Crippen molar-refractivity contribution in [3.05, 3.63) is 35.9 Å². The average Bonchev–Trinajstić information content (AvgIpc) is 3.00. The summed E-state index contributed by atoms with van der Waals surface area (Å²) < 4.78 is 0. The molecule has 6 heteroatoms. The van der Waals surface area contributed by atoms with E-state index in [0.717, 1.165) is 19.3 Å². The van der Waals surface area contributed by atoms with Crippen molar-refractivity contribution in [3.8, 4) is 0 Å². The van der Waals surface area contributed by atoms with Gasteiger partial charge in [-0.3, -0.25) is 9.59 Å². The number of carbonyl (C=O) groups is 2. The molecule has 2 atom stereocenters. The number of hydrogen-bond donors (Lipinski definition) is 1. The Morgan fingerprint density at radius 3 is 2.21 bits per heavy atom. The molecule has 2 amide bonds. The Hall–Kier alpha value is -1.59. The second-order valence-electron chi connectivity index (χ2n) is 6.60. The summed E-state index contributed by atoms with van der Waals surface area (Å²) in [7, 11) is 0. The molecule has 2 aliphatic rings. The maximum Gasteiger partial charge on any atom is 0.253 e. The number of piperazine rings is 1. The highest BCUT2D eigenvalue weighted by Gasteiger charge is 2.30. The third kappa shape index (κ3) is 4.28. The van der Waals surface area contributed by atoms with Crippen LogP contribution in [0.5, 0.6) is 0 Å². The highest BCUT2D eigenvalue weighted by molar-refractivity contribution is 5.94. The summed E-state index contributed by atoms with van der Waals surface area (Å²) in [5.74, 6) is 0.584. The van der Waals surface area contributed by atoms with Crippen molar-refractivity contribution < 1.29 is 9.59 Å². The lowest BCUT2D eigenvalue weighted by Gasteiger charge is -2.35. The van der Waals surface area contributed by atoms with Crippen LogP contribution in [0.25, 0.3) is 0 Å². The van der Waals surface area contributed by atoms with Crippen LogP contribution in [-0.4, -0.2) is 53.8 Å². The van der Waals surface area contributed by atoms with Crippen molar-refractivity contribution in [1.29, 1.82) is 0 Å². The summed E-state index contributed by atoms with van der Waals surface area (Å²) >= 11 is 0. The average molecular weight is 352 g/mol. The summed E-state index contributed by atoms with van der Waals surface area (Å²) in [6.45, 7) is 2.46. The molecule has 0 spiro atoms. The van der Waals surface area contributed by atoms with Gasteiger partial charge in [-0.25, -0.2) is 0 Å². The largest absolute Gasteiger partial charge is 0.339 e. The van der Waals surface area contributed by atoms with Gasteiger partial charge in [0.1, 0.15) is 0 Å². The van der Waals surface area contributed by atoms with Gasteiger partial charge in [-0.2, -0.15) is 0 Å². The fourth-order valence-corrected chi connectivity index (χ4v) is 3.59. The molecule has 1 aliphatic heterocycles. The van der Waals surface area contributed by atoms with E-state index in [0.29, 0.717) is 44.1 Å². The Labute approximate surface area is 149 Å². The van der Waals surface area contributed by atoms with E-state index in [9.17, 15) is 9.59 Å². The number of halogens is 1. The van der Waals surface area contributed by atoms with Crippen molar-refractivity contribution in [2.75, 3.05) is 26.2 Å². The summed E-state index contributed by atoms with van der Waals surface area (Å²) in [5.41, 5.74) is 6.77. The number of nitrogens with zero attached hydrogens (tertiary/aromatic N) is 2. The number of amides is 2. The zero-order chi connectivity index (χ0) is 16.2. The standard InChI is InChI=1S/C18H25N3O2.ClH/c19-16-8-4-7-15(16)13-17(22)20-9-11-21(12-10-20)18(23)14-5-2-1-3-6-14;/h1-3,5-6,15-16H,4,7-13,19H2;1H/t15-,16+;/m0./s1. The molecule has 1 aromatic carbocycles. The highest BCUT2D eigenvalue weighted by Crippen LogP contribution is 2.27. The lowest BCUT2D eigenvalue weighted by Crippen LogP contribution is -2.51. The van der Waals surface area contributed by atoms with Crippen molar-refractivity contribution in [1.82, 2.24) is 9.80 Å². The van der Waals surface area contributed by atoms with E-state index in [4.69, 9.17) is 5.73 Å². The molecule has 24 heavy (non-hydrogen) atoms. The van der Waals surface area contributed by atoms with Gasteiger partial charge < -0.3 is 15.5 Å². The van der Waals surface area contributed by atoms with Gasteiger partial charge in [0.15, 0.2) is 0 Å². The second kappa shape index (κ2) is 8.49. The van der Waals surface area contributed by atoms with Crippen LogP contribution >= 0.6 is 12.4 Å². The summed E-state index contributed by atoms with van der Waals surface area (Å²) in [4.78, 5) is 28.5. The Kier molecular flexibility index (Phi) is 6.63. The number of carbonyl (C=O) groups excluding carboxylic acids is 2. The zero-order valence-electron chi connectivity index (χ0n) is 13.9. The molecule has 0 aromatic heterocycles. The lowest BCUT2D eigenvalue weighted by molar-refractivity contribution is -0.133. The number of benzene rings is 1. The third-order valence-corrected chi connectivity index (χ3v) is 5.10. The molecule has 0 unspecified atom stereocenters. The topological polar surface area (TPSA) is 66.6 Å². The number of nitrogens with two attached hydrogens (primary N) is 1. The second-order valence-corrected chi connectivity index (χ2v) is 6.60. The van der Waals surface area contributed by atoms with Gasteiger partial charge in [0, 0.05) is 44.2 Å². The van der Waals surface area contributed by atoms with Crippen LogP contribution in [0.2, 0.25) is 0 Å². The van der Waals surface area contributed by atoms with Crippen LogP contribution in [0, 0.1) is 5.92 Å². The molecule has 1 aliphatic carbocycles. The molecule has 1 aromatic rings. The summed E-state index contributed by atoms with van der Waals surface area (Å²) in [6, 6.07) is 9.50. The van der Waals surface area contributed by atoms with Crippen LogP contribution in [0.1, 0.15) is 36.0 Å². The summed E-state index contributed by atoms with van der Waals surface area (Å²) in [6.07, 6.45) is 3.81. The minimum atomic E-state index is 0. The molecule has 2 fully saturated rings. The van der Waals surface area contributed by atoms with E-state index in [2.05, 4.69) is 0 Å². The first-order valence-electron chi connectivity index (χ1n) is 8.53. The maximum absolute atomic E-state index is 12.4. The van der Waals surface area contributed by atoms with Gasteiger partial charge >= 0.3 is 0 Å². The van der Waals surface area contributed by atoms with Crippen LogP contribution in [0.15, 0.2) is 30.3 Å². The number of hydrogen-bond acceptors (Lipinski definition) is 3. The molecule has 0 bridgehead atoms. The van der Waals surface area contributed by atoms with E-state index < -0.39 is 0 Å². The maximum atomic E-state index is 12.4. The Balaban J connectivity index is 0.00000208. The molecule has 1 saturated carbocycles. The fraction of sp³-hybridized carbons (Fsp3) is 0.556. The predicted molar refractivity (Wildman–Crippen MR) is 96.1 cm³/mol. The highest BCUT2D eigenvalue weighted by atomic mass is 35.5. The molecular formula is C18H26ClN3O2. The smallest absolute Gasteiger partial charge is 0.253 e.